The Labute approximate surface area is 229 Å². The molecule has 0 aliphatic carbocycles. The van der Waals surface area contributed by atoms with Crippen LogP contribution in [0.15, 0.2) is 48.8 Å². The van der Waals surface area contributed by atoms with Crippen molar-refractivity contribution >= 4 is 39.8 Å². The number of benzene rings is 2. The standard InChI is InChI=1S/C29H38N8O2/c1-7-19-16-32-29(33-23-14-22(30)25(15-26(23)39-6)36(5)13-12-35(3)4)34-28(19)21-17-37(18-27(38)31-2)24-11-9-8-10-20(21)24/h8-11,14-17H,7,12-13,18,30H2,1-6H3,(H,31,38)(H,32,33,34). The van der Waals surface area contributed by atoms with Crippen LogP contribution in [0.3, 0.4) is 0 Å². The maximum atomic E-state index is 12.2. The number of nitrogen functional groups attached to an aromatic ring is 1. The number of nitrogens with two attached hydrogens (primary N) is 1. The fourth-order valence-corrected chi connectivity index (χ4v) is 4.53. The lowest BCUT2D eigenvalue weighted by Gasteiger charge is -2.24. The average molecular weight is 531 g/mol. The third-order valence-electron chi connectivity index (χ3n) is 6.77. The van der Waals surface area contributed by atoms with E-state index >= 15 is 0 Å². The van der Waals surface area contributed by atoms with Gasteiger partial charge in [-0.1, -0.05) is 25.1 Å². The summed E-state index contributed by atoms with van der Waals surface area (Å²) >= 11 is 0. The van der Waals surface area contributed by atoms with Crippen LogP contribution in [0.4, 0.5) is 23.0 Å². The number of rotatable bonds is 11. The van der Waals surface area contributed by atoms with Gasteiger partial charge in [0.2, 0.25) is 11.9 Å². The van der Waals surface area contributed by atoms with Crippen molar-refractivity contribution in [1.29, 1.82) is 0 Å². The Morgan fingerprint density at radius 3 is 2.62 bits per heavy atom. The van der Waals surface area contributed by atoms with Crippen molar-refractivity contribution in [2.24, 2.45) is 0 Å². The Hall–Kier alpha value is -4.31. The summed E-state index contributed by atoms with van der Waals surface area (Å²) in [5.41, 5.74) is 12.4. The van der Waals surface area contributed by atoms with Gasteiger partial charge in [0.15, 0.2) is 0 Å². The van der Waals surface area contributed by atoms with Crippen LogP contribution in [-0.4, -0.2) is 73.7 Å². The number of likely N-dealkylation sites (N-methyl/N-ethyl adjacent to an activating group) is 3. The van der Waals surface area contributed by atoms with Crippen LogP contribution in [0.1, 0.15) is 12.5 Å². The molecule has 0 spiro atoms. The van der Waals surface area contributed by atoms with E-state index in [1.807, 2.05) is 68.4 Å². The molecule has 0 atom stereocenters. The molecule has 10 nitrogen and oxygen atoms in total. The normalized spacial score (nSPS) is 11.2. The summed E-state index contributed by atoms with van der Waals surface area (Å²) in [5, 5.41) is 7.04. The van der Waals surface area contributed by atoms with E-state index in [0.717, 1.165) is 52.9 Å². The molecule has 0 unspecified atom stereocenters. The van der Waals surface area contributed by atoms with Crippen molar-refractivity contribution in [3.63, 3.8) is 0 Å². The number of amides is 1. The molecule has 2 aromatic carbocycles. The SMILES string of the molecule is CCc1cnc(Nc2cc(N)c(N(C)CCN(C)C)cc2OC)nc1-c1cn(CC(=O)NC)c2ccccc12. The van der Waals surface area contributed by atoms with Gasteiger partial charge in [0.25, 0.3) is 0 Å². The summed E-state index contributed by atoms with van der Waals surface area (Å²) in [6, 6.07) is 11.8. The van der Waals surface area contributed by atoms with E-state index in [-0.39, 0.29) is 12.5 Å². The Balaban J connectivity index is 1.72. The molecule has 0 radical (unpaired) electrons. The maximum Gasteiger partial charge on any atom is 0.239 e. The molecule has 0 aliphatic rings. The van der Waals surface area contributed by atoms with Gasteiger partial charge >= 0.3 is 0 Å². The summed E-state index contributed by atoms with van der Waals surface area (Å²) in [7, 11) is 9.38. The van der Waals surface area contributed by atoms with E-state index in [1.165, 1.54) is 0 Å². The first-order valence-corrected chi connectivity index (χ1v) is 13.0. The second-order valence-corrected chi connectivity index (χ2v) is 9.74. The second-order valence-electron chi connectivity index (χ2n) is 9.74. The van der Waals surface area contributed by atoms with Gasteiger partial charge in [-0.05, 0) is 38.2 Å². The van der Waals surface area contributed by atoms with E-state index in [0.29, 0.717) is 23.1 Å². The number of para-hydroxylation sites is 1. The minimum Gasteiger partial charge on any atom is -0.494 e. The zero-order valence-corrected chi connectivity index (χ0v) is 23.6. The monoisotopic (exact) mass is 530 g/mol. The highest BCUT2D eigenvalue weighted by Gasteiger charge is 2.18. The predicted molar refractivity (Wildman–Crippen MR) is 159 cm³/mol. The fraction of sp³-hybridized carbons (Fsp3) is 0.345. The Morgan fingerprint density at radius 1 is 1.15 bits per heavy atom. The van der Waals surface area contributed by atoms with Crippen LogP contribution in [0.2, 0.25) is 0 Å². The highest BCUT2D eigenvalue weighted by atomic mass is 16.5. The smallest absolute Gasteiger partial charge is 0.239 e. The average Bonchev–Trinajstić information content (AvgIpc) is 3.29. The van der Waals surface area contributed by atoms with E-state index in [4.69, 9.17) is 15.5 Å². The molecule has 4 rings (SSSR count). The Kier molecular flexibility index (Phi) is 8.55. The van der Waals surface area contributed by atoms with Crippen LogP contribution in [0.5, 0.6) is 5.75 Å². The molecule has 0 aliphatic heterocycles. The number of aryl methyl sites for hydroxylation is 1. The molecule has 0 saturated heterocycles. The van der Waals surface area contributed by atoms with Crippen LogP contribution in [-0.2, 0) is 17.8 Å². The quantitative estimate of drug-likeness (QED) is 0.251. The predicted octanol–water partition coefficient (Wildman–Crippen LogP) is 3.74. The van der Waals surface area contributed by atoms with Crippen LogP contribution >= 0.6 is 0 Å². The van der Waals surface area contributed by atoms with Gasteiger partial charge in [0, 0.05) is 62.1 Å². The largest absolute Gasteiger partial charge is 0.494 e. The van der Waals surface area contributed by atoms with Gasteiger partial charge in [-0.3, -0.25) is 4.79 Å². The van der Waals surface area contributed by atoms with Crippen molar-refractivity contribution in [1.82, 2.24) is 24.8 Å². The van der Waals surface area contributed by atoms with Gasteiger partial charge in [-0.2, -0.15) is 0 Å². The van der Waals surface area contributed by atoms with Crippen LogP contribution in [0, 0.1) is 0 Å². The van der Waals surface area contributed by atoms with E-state index in [2.05, 4.69) is 38.4 Å². The minimum atomic E-state index is -0.0662. The number of nitrogens with zero attached hydrogens (tertiary/aromatic N) is 5. The zero-order chi connectivity index (χ0) is 28.1. The van der Waals surface area contributed by atoms with Crippen LogP contribution < -0.4 is 26.0 Å². The first-order valence-electron chi connectivity index (χ1n) is 13.0. The van der Waals surface area contributed by atoms with E-state index in [1.54, 1.807) is 14.2 Å². The minimum absolute atomic E-state index is 0.0662. The number of ether oxygens (including phenoxy) is 1. The maximum absolute atomic E-state index is 12.2. The molecule has 4 aromatic rings. The Bertz CT molecular complexity index is 1460. The first-order chi connectivity index (χ1) is 18.7. The van der Waals surface area contributed by atoms with Gasteiger partial charge in [-0.25, -0.2) is 9.97 Å². The number of carbonyl (C=O) groups is 1. The number of carbonyl (C=O) groups excluding carboxylic acids is 1. The molecule has 0 bridgehead atoms. The van der Waals surface area contributed by atoms with Gasteiger partial charge in [-0.15, -0.1) is 0 Å². The number of anilines is 4. The zero-order valence-electron chi connectivity index (χ0n) is 23.6. The molecule has 10 heteroatoms. The van der Waals surface area contributed by atoms with E-state index < -0.39 is 0 Å². The van der Waals surface area contributed by atoms with Crippen molar-refractivity contribution in [3.05, 3.63) is 54.4 Å². The highest BCUT2D eigenvalue weighted by Crippen LogP contribution is 2.37. The first kappa shape index (κ1) is 27.7. The van der Waals surface area contributed by atoms with Crippen molar-refractivity contribution in [3.8, 4) is 17.0 Å². The lowest BCUT2D eigenvalue weighted by molar-refractivity contribution is -0.121. The summed E-state index contributed by atoms with van der Waals surface area (Å²) in [6.07, 6.45) is 4.59. The lowest BCUT2D eigenvalue weighted by atomic mass is 10.0. The molecule has 39 heavy (non-hydrogen) atoms. The third-order valence-corrected chi connectivity index (χ3v) is 6.77. The number of nitrogens with one attached hydrogen (secondary N) is 2. The highest BCUT2D eigenvalue weighted by molar-refractivity contribution is 5.97. The molecule has 2 heterocycles. The molecule has 2 aromatic heterocycles. The summed E-state index contributed by atoms with van der Waals surface area (Å²) < 4.78 is 7.66. The number of methoxy groups -OCH3 is 1. The fourth-order valence-electron chi connectivity index (χ4n) is 4.53. The third kappa shape index (κ3) is 6.06. The van der Waals surface area contributed by atoms with Gasteiger partial charge < -0.3 is 35.5 Å². The van der Waals surface area contributed by atoms with Crippen molar-refractivity contribution in [2.75, 3.05) is 64.3 Å². The summed E-state index contributed by atoms with van der Waals surface area (Å²) in [5.74, 6) is 1.00. The Morgan fingerprint density at radius 2 is 1.92 bits per heavy atom. The molecule has 206 valence electrons. The van der Waals surface area contributed by atoms with Gasteiger partial charge in [0.05, 0.1) is 29.9 Å². The van der Waals surface area contributed by atoms with E-state index in [9.17, 15) is 4.79 Å². The molecule has 1 amide bonds. The van der Waals surface area contributed by atoms with Gasteiger partial charge in [0.1, 0.15) is 12.3 Å². The second kappa shape index (κ2) is 12.0. The van der Waals surface area contributed by atoms with Crippen LogP contribution in [0.25, 0.3) is 22.2 Å². The number of fused-ring (bicyclic) bond motifs is 1. The number of aromatic nitrogens is 3. The molecular weight excluding hydrogens is 492 g/mol. The molecule has 0 fully saturated rings. The molecule has 0 saturated carbocycles. The number of hydrogen-bond acceptors (Lipinski definition) is 8. The summed E-state index contributed by atoms with van der Waals surface area (Å²) in [6.45, 7) is 4.03. The lowest BCUT2D eigenvalue weighted by Crippen LogP contribution is -2.29. The van der Waals surface area contributed by atoms with Crippen molar-refractivity contribution < 1.29 is 9.53 Å². The molecule has 4 N–H and O–H groups in total. The van der Waals surface area contributed by atoms with Crippen molar-refractivity contribution in [2.45, 2.75) is 19.9 Å². The summed E-state index contributed by atoms with van der Waals surface area (Å²) in [4.78, 5) is 25.9. The topological polar surface area (TPSA) is 114 Å². The number of hydrogen-bond donors (Lipinski definition) is 3. The molecular formula is C29H38N8O2.